The first kappa shape index (κ1) is 35.2. The molecule has 0 aliphatic heterocycles. The van der Waals surface area contributed by atoms with Gasteiger partial charge in [-0.1, -0.05) is 92.2 Å². The van der Waals surface area contributed by atoms with Crippen LogP contribution in [0.4, 0.5) is 10.1 Å². The molecule has 0 unspecified atom stereocenters. The Hall–Kier alpha value is -4.70. The van der Waals surface area contributed by atoms with Crippen LogP contribution in [0.15, 0.2) is 108 Å². The van der Waals surface area contributed by atoms with E-state index in [0.717, 1.165) is 15.4 Å². The topological polar surface area (TPSA) is 96.0 Å². The van der Waals surface area contributed by atoms with E-state index in [2.05, 4.69) is 5.32 Å². The van der Waals surface area contributed by atoms with Gasteiger partial charge in [0, 0.05) is 25.1 Å². The van der Waals surface area contributed by atoms with E-state index < -0.39 is 40.2 Å². The van der Waals surface area contributed by atoms with Crippen molar-refractivity contribution in [3.05, 3.63) is 126 Å². The Morgan fingerprint density at radius 1 is 0.872 bits per heavy atom. The maximum Gasteiger partial charge on any atom is 0.264 e. The predicted molar refractivity (Wildman–Crippen MR) is 182 cm³/mol. The van der Waals surface area contributed by atoms with Gasteiger partial charge in [0.1, 0.15) is 24.2 Å². The first-order chi connectivity index (χ1) is 22.5. The summed E-state index contributed by atoms with van der Waals surface area (Å²) in [6.45, 7) is 7.23. The lowest BCUT2D eigenvalue weighted by molar-refractivity contribution is -0.140. The van der Waals surface area contributed by atoms with Crippen molar-refractivity contribution in [2.45, 2.75) is 51.6 Å². The van der Waals surface area contributed by atoms with E-state index in [1.807, 2.05) is 51.1 Å². The monoisotopic (exact) mass is 659 g/mol. The maximum absolute atomic E-state index is 15.1. The van der Waals surface area contributed by atoms with Crippen LogP contribution in [-0.4, -0.2) is 50.9 Å². The average molecular weight is 660 g/mol. The first-order valence-corrected chi connectivity index (χ1v) is 17.1. The number of benzene rings is 4. The number of halogens is 1. The van der Waals surface area contributed by atoms with Crippen LogP contribution in [0.25, 0.3) is 0 Å². The summed E-state index contributed by atoms with van der Waals surface area (Å²) in [5, 5.41) is 2.93. The van der Waals surface area contributed by atoms with Crippen LogP contribution in [0.5, 0.6) is 5.75 Å². The normalized spacial score (nSPS) is 12.0. The van der Waals surface area contributed by atoms with Crippen LogP contribution in [0.1, 0.15) is 37.5 Å². The van der Waals surface area contributed by atoms with Gasteiger partial charge >= 0.3 is 0 Å². The van der Waals surface area contributed by atoms with Crippen LogP contribution >= 0.6 is 0 Å². The minimum atomic E-state index is -4.32. The van der Waals surface area contributed by atoms with Crippen LogP contribution in [0.3, 0.4) is 0 Å². The number of carbonyl (C=O) groups excluding carboxylic acids is 2. The molecule has 4 aromatic rings. The molecule has 0 heterocycles. The number of hydrogen-bond acceptors (Lipinski definition) is 5. The number of nitrogens with zero attached hydrogens (tertiary/aromatic N) is 2. The van der Waals surface area contributed by atoms with E-state index in [1.165, 1.54) is 23.1 Å². The lowest BCUT2D eigenvalue weighted by atomic mass is 10.0. The molecule has 4 rings (SSSR count). The highest BCUT2D eigenvalue weighted by atomic mass is 32.2. The average Bonchev–Trinajstić information content (AvgIpc) is 3.06. The summed E-state index contributed by atoms with van der Waals surface area (Å²) in [5.41, 5.74) is 2.01. The summed E-state index contributed by atoms with van der Waals surface area (Å²) in [4.78, 5) is 29.7. The molecular formula is C37H42FN3O5S. The van der Waals surface area contributed by atoms with Crippen molar-refractivity contribution in [3.63, 3.8) is 0 Å². The Kier molecular flexibility index (Phi) is 12.1. The van der Waals surface area contributed by atoms with Gasteiger partial charge in [-0.15, -0.1) is 0 Å². The Labute approximate surface area is 277 Å². The maximum atomic E-state index is 15.1. The molecule has 0 saturated heterocycles. The zero-order valence-electron chi connectivity index (χ0n) is 27.2. The highest BCUT2D eigenvalue weighted by Crippen LogP contribution is 2.33. The molecule has 0 spiro atoms. The number of para-hydroxylation sites is 2. The van der Waals surface area contributed by atoms with Crippen molar-refractivity contribution in [3.8, 4) is 5.75 Å². The molecule has 1 N–H and O–H groups in total. The molecular weight excluding hydrogens is 617 g/mol. The predicted octanol–water partition coefficient (Wildman–Crippen LogP) is 6.14. The molecule has 47 heavy (non-hydrogen) atoms. The van der Waals surface area contributed by atoms with Gasteiger partial charge in [0.25, 0.3) is 10.0 Å². The largest absolute Gasteiger partial charge is 0.492 e. The second kappa shape index (κ2) is 16.2. The molecule has 10 heteroatoms. The molecule has 0 saturated carbocycles. The number of hydrogen-bond donors (Lipinski definition) is 1. The van der Waals surface area contributed by atoms with Gasteiger partial charge in [0.05, 0.1) is 17.2 Å². The summed E-state index contributed by atoms with van der Waals surface area (Å²) in [5.74, 6) is -1.24. The van der Waals surface area contributed by atoms with Crippen molar-refractivity contribution in [1.82, 2.24) is 10.2 Å². The van der Waals surface area contributed by atoms with Crippen molar-refractivity contribution in [1.29, 1.82) is 0 Å². The van der Waals surface area contributed by atoms with Gasteiger partial charge in [0.15, 0.2) is 0 Å². The summed E-state index contributed by atoms with van der Waals surface area (Å²) in [6, 6.07) is 27.1. The van der Waals surface area contributed by atoms with Gasteiger partial charge in [-0.25, -0.2) is 12.8 Å². The van der Waals surface area contributed by atoms with Crippen LogP contribution in [0, 0.1) is 18.7 Å². The summed E-state index contributed by atoms with van der Waals surface area (Å²) in [6.07, 6.45) is 0.130. The van der Waals surface area contributed by atoms with Crippen molar-refractivity contribution in [2.75, 3.05) is 24.0 Å². The molecule has 4 aromatic carbocycles. The van der Waals surface area contributed by atoms with E-state index in [0.29, 0.717) is 6.54 Å². The molecule has 0 bridgehead atoms. The summed E-state index contributed by atoms with van der Waals surface area (Å²) >= 11 is 0. The van der Waals surface area contributed by atoms with Crippen LogP contribution in [0.2, 0.25) is 0 Å². The fourth-order valence-corrected chi connectivity index (χ4v) is 6.50. The van der Waals surface area contributed by atoms with E-state index in [9.17, 15) is 18.0 Å². The number of carbonyl (C=O) groups is 2. The second-order valence-electron chi connectivity index (χ2n) is 11.7. The van der Waals surface area contributed by atoms with Gasteiger partial charge in [0.2, 0.25) is 11.8 Å². The zero-order chi connectivity index (χ0) is 34.0. The minimum Gasteiger partial charge on any atom is -0.492 e. The van der Waals surface area contributed by atoms with E-state index in [1.54, 1.807) is 61.5 Å². The number of anilines is 1. The molecule has 0 fully saturated rings. The van der Waals surface area contributed by atoms with Gasteiger partial charge in [-0.05, 0) is 55.7 Å². The Morgan fingerprint density at radius 3 is 2.17 bits per heavy atom. The van der Waals surface area contributed by atoms with Crippen molar-refractivity contribution < 1.29 is 27.1 Å². The molecule has 2 amide bonds. The number of aryl methyl sites for hydroxylation is 1. The Morgan fingerprint density at radius 2 is 1.51 bits per heavy atom. The number of ether oxygens (including phenoxy) is 1. The minimum absolute atomic E-state index is 0.0154. The number of amides is 2. The van der Waals surface area contributed by atoms with E-state index >= 15 is 4.39 Å². The lowest BCUT2D eigenvalue weighted by Crippen LogP contribution is -2.53. The molecule has 0 aliphatic rings. The van der Waals surface area contributed by atoms with Crippen LogP contribution in [-0.2, 0) is 32.6 Å². The third-order valence-corrected chi connectivity index (χ3v) is 9.35. The molecule has 8 nitrogen and oxygen atoms in total. The molecule has 0 aromatic heterocycles. The quantitative estimate of drug-likeness (QED) is 0.166. The first-order valence-electron chi connectivity index (χ1n) is 15.7. The van der Waals surface area contributed by atoms with Crippen molar-refractivity contribution >= 4 is 27.5 Å². The third-order valence-electron chi connectivity index (χ3n) is 7.58. The van der Waals surface area contributed by atoms with Gasteiger partial charge in [-0.2, -0.15) is 0 Å². The van der Waals surface area contributed by atoms with Gasteiger partial charge in [-0.3, -0.25) is 13.9 Å². The molecule has 0 radical (unpaired) electrons. The highest BCUT2D eigenvalue weighted by Gasteiger charge is 2.36. The fraction of sp³-hybridized carbons (Fsp3) is 0.297. The number of nitrogens with one attached hydrogen (secondary N) is 1. The zero-order valence-corrected chi connectivity index (χ0v) is 28.0. The highest BCUT2D eigenvalue weighted by molar-refractivity contribution is 7.92. The summed E-state index contributed by atoms with van der Waals surface area (Å²) in [7, 11) is -4.32. The Balaban J connectivity index is 1.84. The van der Waals surface area contributed by atoms with Crippen molar-refractivity contribution in [2.24, 2.45) is 5.92 Å². The lowest BCUT2D eigenvalue weighted by Gasteiger charge is -2.34. The molecule has 248 valence electrons. The SMILES string of the molecule is CCOc1ccccc1N(CC(=O)N(Cc1ccccc1F)[C@@H](Cc1ccccc1)C(=O)NCC(C)C)S(=O)(=O)c1ccc(C)cc1. The van der Waals surface area contributed by atoms with E-state index in [4.69, 9.17) is 4.74 Å². The number of rotatable bonds is 15. The smallest absolute Gasteiger partial charge is 0.264 e. The molecule has 1 atom stereocenters. The fourth-order valence-electron chi connectivity index (χ4n) is 5.08. The second-order valence-corrected chi connectivity index (χ2v) is 13.5. The van der Waals surface area contributed by atoms with E-state index in [-0.39, 0.29) is 47.4 Å². The Bertz CT molecular complexity index is 1750. The molecule has 0 aliphatic carbocycles. The number of sulfonamides is 1. The standard InChI is InChI=1S/C37H42FN3O5S/c1-5-46-35-18-12-11-17-33(35)41(47(44,45)31-21-19-28(4)20-22-31)26-36(42)40(25-30-15-9-10-16-32(30)38)34(37(43)39-24-27(2)3)23-29-13-7-6-8-14-29/h6-22,27,34H,5,23-26H2,1-4H3,(H,39,43)/t34-/m0/s1. The third kappa shape index (κ3) is 9.19. The van der Waals surface area contributed by atoms with Crippen LogP contribution < -0.4 is 14.4 Å². The summed E-state index contributed by atoms with van der Waals surface area (Å²) < 4.78 is 50.5. The van der Waals surface area contributed by atoms with Gasteiger partial charge < -0.3 is 15.0 Å².